The summed E-state index contributed by atoms with van der Waals surface area (Å²) in [7, 11) is 0. The summed E-state index contributed by atoms with van der Waals surface area (Å²) < 4.78 is 5.40. The number of rotatable bonds is 3. The van der Waals surface area contributed by atoms with Crippen LogP contribution in [0, 0.1) is 0 Å². The Morgan fingerprint density at radius 1 is 1.42 bits per heavy atom. The molecule has 6 nitrogen and oxygen atoms in total. The molecule has 0 radical (unpaired) electrons. The molecule has 0 aromatic rings. The van der Waals surface area contributed by atoms with Gasteiger partial charge in [-0.25, -0.2) is 0 Å². The van der Waals surface area contributed by atoms with Crippen molar-refractivity contribution in [3.8, 4) is 0 Å². The Hall–Kier alpha value is -0.790. The van der Waals surface area contributed by atoms with Crippen molar-refractivity contribution >= 4 is 23.6 Å². The zero-order valence-electron chi connectivity index (χ0n) is 11.1. The lowest BCUT2D eigenvalue weighted by atomic mass is 10.2. The van der Waals surface area contributed by atoms with Gasteiger partial charge in [-0.3, -0.25) is 14.5 Å². The van der Waals surface area contributed by atoms with Crippen molar-refractivity contribution in [1.29, 1.82) is 0 Å². The highest BCUT2D eigenvalue weighted by molar-refractivity contribution is 7.99. The van der Waals surface area contributed by atoms with Crippen LogP contribution in [0.4, 0.5) is 0 Å². The molecule has 2 saturated heterocycles. The van der Waals surface area contributed by atoms with Gasteiger partial charge in [0.25, 0.3) is 0 Å². The van der Waals surface area contributed by atoms with Crippen molar-refractivity contribution in [2.75, 3.05) is 44.3 Å². The number of nitrogens with zero attached hydrogens (tertiary/aromatic N) is 2. The molecule has 0 bridgehead atoms. The Kier molecular flexibility index (Phi) is 5.06. The summed E-state index contributed by atoms with van der Waals surface area (Å²) in [5.74, 6) is 0.613. The van der Waals surface area contributed by atoms with Crippen molar-refractivity contribution in [2.45, 2.75) is 19.1 Å². The standard InChI is InChI=1S/C12H20N2O4S/c1-9-6-14(2-4-18-9)11(15)7-13-3-5-19-8-10(13)12(16)17/h9-10H,2-8H2,1H3,(H,16,17). The van der Waals surface area contributed by atoms with Crippen LogP contribution >= 0.6 is 11.8 Å². The number of thioether (sulfide) groups is 1. The van der Waals surface area contributed by atoms with Crippen molar-refractivity contribution in [3.63, 3.8) is 0 Å². The molecule has 108 valence electrons. The van der Waals surface area contributed by atoms with E-state index in [0.717, 1.165) is 5.75 Å². The maximum Gasteiger partial charge on any atom is 0.321 e. The minimum Gasteiger partial charge on any atom is -0.480 e. The van der Waals surface area contributed by atoms with Crippen LogP contribution in [0.2, 0.25) is 0 Å². The second-order valence-electron chi connectivity index (χ2n) is 4.92. The molecule has 2 aliphatic heterocycles. The fraction of sp³-hybridized carbons (Fsp3) is 0.833. The van der Waals surface area contributed by atoms with E-state index >= 15 is 0 Å². The third kappa shape index (κ3) is 3.84. The number of carboxylic acid groups (broad SMARTS) is 1. The van der Waals surface area contributed by atoms with Gasteiger partial charge in [0, 0.05) is 31.1 Å². The number of ether oxygens (including phenoxy) is 1. The van der Waals surface area contributed by atoms with Gasteiger partial charge in [-0.2, -0.15) is 11.8 Å². The SMILES string of the molecule is CC1CN(C(=O)CN2CCSCC2C(=O)O)CCO1. The quantitative estimate of drug-likeness (QED) is 0.771. The molecule has 0 aromatic carbocycles. The third-order valence-electron chi connectivity index (χ3n) is 3.46. The number of carboxylic acids is 1. The van der Waals surface area contributed by atoms with Crippen molar-refractivity contribution in [1.82, 2.24) is 9.80 Å². The highest BCUT2D eigenvalue weighted by Gasteiger charge is 2.32. The van der Waals surface area contributed by atoms with E-state index in [9.17, 15) is 14.7 Å². The first-order valence-corrected chi connectivity index (χ1v) is 7.67. The number of morpholine rings is 1. The number of aliphatic carboxylic acids is 1. The van der Waals surface area contributed by atoms with Crippen LogP contribution in [-0.4, -0.2) is 83.2 Å². The van der Waals surface area contributed by atoms with Gasteiger partial charge in [0.15, 0.2) is 0 Å². The third-order valence-corrected chi connectivity index (χ3v) is 4.48. The summed E-state index contributed by atoms with van der Waals surface area (Å²) in [5.41, 5.74) is 0. The van der Waals surface area contributed by atoms with E-state index in [0.29, 0.717) is 32.0 Å². The molecule has 2 heterocycles. The Morgan fingerprint density at radius 3 is 2.89 bits per heavy atom. The molecule has 2 unspecified atom stereocenters. The molecule has 19 heavy (non-hydrogen) atoms. The van der Waals surface area contributed by atoms with E-state index in [1.165, 1.54) is 0 Å². The molecular weight excluding hydrogens is 268 g/mol. The zero-order valence-corrected chi connectivity index (χ0v) is 11.9. The second kappa shape index (κ2) is 6.58. The molecule has 0 saturated carbocycles. The summed E-state index contributed by atoms with van der Waals surface area (Å²) >= 11 is 1.63. The summed E-state index contributed by atoms with van der Waals surface area (Å²) in [4.78, 5) is 26.9. The first-order chi connectivity index (χ1) is 9.08. The lowest BCUT2D eigenvalue weighted by molar-refractivity contribution is -0.145. The van der Waals surface area contributed by atoms with Gasteiger partial charge in [-0.05, 0) is 6.92 Å². The van der Waals surface area contributed by atoms with Crippen molar-refractivity contribution in [2.24, 2.45) is 0 Å². The molecule has 2 aliphatic rings. The molecule has 7 heteroatoms. The van der Waals surface area contributed by atoms with Crippen molar-refractivity contribution < 1.29 is 19.4 Å². The summed E-state index contributed by atoms with van der Waals surface area (Å²) in [6.45, 7) is 4.56. The van der Waals surface area contributed by atoms with Crippen LogP contribution in [0.25, 0.3) is 0 Å². The Labute approximate surface area is 117 Å². The van der Waals surface area contributed by atoms with Gasteiger partial charge < -0.3 is 14.7 Å². The maximum atomic E-state index is 12.2. The summed E-state index contributed by atoms with van der Waals surface area (Å²) in [5, 5.41) is 9.17. The smallest absolute Gasteiger partial charge is 0.321 e. The molecule has 0 spiro atoms. The first kappa shape index (κ1) is 14.6. The monoisotopic (exact) mass is 288 g/mol. The van der Waals surface area contributed by atoms with Crippen LogP contribution in [0.5, 0.6) is 0 Å². The number of amides is 1. The van der Waals surface area contributed by atoms with Crippen LogP contribution in [-0.2, 0) is 14.3 Å². The van der Waals surface area contributed by atoms with Gasteiger partial charge in [-0.1, -0.05) is 0 Å². The summed E-state index contributed by atoms with van der Waals surface area (Å²) in [6.07, 6.45) is 0.0601. The number of hydrogen-bond donors (Lipinski definition) is 1. The molecule has 1 amide bonds. The fourth-order valence-corrected chi connectivity index (χ4v) is 3.48. The molecule has 2 rings (SSSR count). The molecule has 1 N–H and O–H groups in total. The highest BCUT2D eigenvalue weighted by Crippen LogP contribution is 2.17. The largest absolute Gasteiger partial charge is 0.480 e. The Bertz CT molecular complexity index is 353. The number of carbonyl (C=O) groups excluding carboxylic acids is 1. The minimum atomic E-state index is -0.838. The van der Waals surface area contributed by atoms with E-state index in [2.05, 4.69) is 0 Å². The van der Waals surface area contributed by atoms with Crippen LogP contribution < -0.4 is 0 Å². The normalized spacial score (nSPS) is 29.2. The number of carbonyl (C=O) groups is 2. The zero-order chi connectivity index (χ0) is 13.8. The van der Waals surface area contributed by atoms with E-state index in [-0.39, 0.29) is 18.6 Å². The molecular formula is C12H20N2O4S. The van der Waals surface area contributed by atoms with Crippen molar-refractivity contribution in [3.05, 3.63) is 0 Å². The first-order valence-electron chi connectivity index (χ1n) is 6.52. The maximum absolute atomic E-state index is 12.2. The van der Waals surface area contributed by atoms with E-state index in [4.69, 9.17) is 4.74 Å². The molecule has 2 atom stereocenters. The predicted octanol–water partition coefficient (Wildman–Crippen LogP) is -0.264. The van der Waals surface area contributed by atoms with Crippen LogP contribution in [0.15, 0.2) is 0 Å². The van der Waals surface area contributed by atoms with Gasteiger partial charge in [0.05, 0.1) is 19.3 Å². The van der Waals surface area contributed by atoms with Gasteiger partial charge in [0.1, 0.15) is 6.04 Å². The minimum absolute atomic E-state index is 0.00769. The molecule has 0 aliphatic carbocycles. The highest BCUT2D eigenvalue weighted by atomic mass is 32.2. The lowest BCUT2D eigenvalue weighted by Crippen LogP contribution is -2.53. The van der Waals surface area contributed by atoms with Gasteiger partial charge in [-0.15, -0.1) is 0 Å². The average molecular weight is 288 g/mol. The fourth-order valence-electron chi connectivity index (χ4n) is 2.37. The van der Waals surface area contributed by atoms with Gasteiger partial charge in [0.2, 0.25) is 5.91 Å². The Balaban J connectivity index is 1.91. The number of hydrogen-bond acceptors (Lipinski definition) is 5. The molecule has 2 fully saturated rings. The summed E-state index contributed by atoms with van der Waals surface area (Å²) in [6, 6.07) is -0.541. The Morgan fingerprint density at radius 2 is 2.21 bits per heavy atom. The molecule has 0 aromatic heterocycles. The van der Waals surface area contributed by atoms with Gasteiger partial charge >= 0.3 is 5.97 Å². The predicted molar refractivity (Wildman–Crippen MR) is 72.3 cm³/mol. The van der Waals surface area contributed by atoms with E-state index < -0.39 is 12.0 Å². The average Bonchev–Trinajstić information content (AvgIpc) is 2.39. The van der Waals surface area contributed by atoms with Crippen LogP contribution in [0.3, 0.4) is 0 Å². The van der Waals surface area contributed by atoms with E-state index in [1.54, 1.807) is 21.6 Å². The second-order valence-corrected chi connectivity index (χ2v) is 6.07. The van der Waals surface area contributed by atoms with Crippen LogP contribution in [0.1, 0.15) is 6.92 Å². The lowest BCUT2D eigenvalue weighted by Gasteiger charge is -2.36. The van der Waals surface area contributed by atoms with E-state index in [1.807, 2.05) is 6.92 Å². The topological polar surface area (TPSA) is 70.1 Å².